The molecular weight excluding hydrogens is 280 g/mol. The molecule has 0 spiro atoms. The summed E-state index contributed by atoms with van der Waals surface area (Å²) in [6, 6.07) is 10.4. The number of hydrogen-bond acceptors (Lipinski definition) is 4. The lowest BCUT2D eigenvalue weighted by atomic mass is 10.0. The van der Waals surface area contributed by atoms with Gasteiger partial charge in [-0.15, -0.1) is 11.3 Å². The van der Waals surface area contributed by atoms with Gasteiger partial charge in [0.25, 0.3) is 0 Å². The summed E-state index contributed by atoms with van der Waals surface area (Å²) >= 11 is 1.65. The van der Waals surface area contributed by atoms with Gasteiger partial charge in [0.1, 0.15) is 0 Å². The van der Waals surface area contributed by atoms with Crippen LogP contribution in [0.15, 0.2) is 35.7 Å². The SMILES string of the molecule is Cc1csc(-n2nc(-c3ccccc3)c3c2CCNC3)n1. The minimum Gasteiger partial charge on any atom is -0.312 e. The van der Waals surface area contributed by atoms with Crippen LogP contribution in [0.3, 0.4) is 0 Å². The number of benzene rings is 1. The molecule has 0 bridgehead atoms. The number of aryl methyl sites for hydroxylation is 1. The van der Waals surface area contributed by atoms with Crippen LogP contribution in [0.5, 0.6) is 0 Å². The summed E-state index contributed by atoms with van der Waals surface area (Å²) in [4.78, 5) is 4.59. The van der Waals surface area contributed by atoms with Crippen molar-refractivity contribution in [2.24, 2.45) is 0 Å². The fourth-order valence-corrected chi connectivity index (χ4v) is 3.55. The Morgan fingerprint density at radius 2 is 2.10 bits per heavy atom. The van der Waals surface area contributed by atoms with E-state index in [-0.39, 0.29) is 0 Å². The van der Waals surface area contributed by atoms with Crippen LogP contribution in [0, 0.1) is 6.92 Å². The van der Waals surface area contributed by atoms with Crippen LogP contribution >= 0.6 is 11.3 Å². The molecule has 1 aliphatic rings. The largest absolute Gasteiger partial charge is 0.312 e. The van der Waals surface area contributed by atoms with Crippen molar-refractivity contribution in [1.82, 2.24) is 20.1 Å². The third kappa shape index (κ3) is 2.18. The zero-order chi connectivity index (χ0) is 14.2. The first-order valence-corrected chi connectivity index (χ1v) is 8.00. The molecule has 3 heterocycles. The molecule has 0 fully saturated rings. The third-order valence-corrected chi connectivity index (χ3v) is 4.70. The molecule has 5 heteroatoms. The van der Waals surface area contributed by atoms with E-state index in [0.29, 0.717) is 0 Å². The highest BCUT2D eigenvalue weighted by Crippen LogP contribution is 2.30. The first-order valence-electron chi connectivity index (χ1n) is 7.12. The van der Waals surface area contributed by atoms with E-state index >= 15 is 0 Å². The zero-order valence-corrected chi connectivity index (χ0v) is 12.7. The average Bonchev–Trinajstić information content (AvgIpc) is 3.12. The van der Waals surface area contributed by atoms with Crippen molar-refractivity contribution in [2.75, 3.05) is 6.54 Å². The number of fused-ring (bicyclic) bond motifs is 1. The maximum atomic E-state index is 4.87. The highest BCUT2D eigenvalue weighted by atomic mass is 32.1. The van der Waals surface area contributed by atoms with E-state index in [4.69, 9.17) is 5.10 Å². The summed E-state index contributed by atoms with van der Waals surface area (Å²) in [6.45, 7) is 3.90. The molecule has 106 valence electrons. The molecule has 2 aromatic heterocycles. The number of rotatable bonds is 2. The first-order chi connectivity index (χ1) is 10.3. The fraction of sp³-hybridized carbons (Fsp3) is 0.250. The van der Waals surface area contributed by atoms with Crippen LogP contribution in [-0.4, -0.2) is 21.3 Å². The minimum atomic E-state index is 0.879. The maximum absolute atomic E-state index is 4.87. The molecule has 1 N–H and O–H groups in total. The lowest BCUT2D eigenvalue weighted by molar-refractivity contribution is 0.622. The van der Waals surface area contributed by atoms with Crippen molar-refractivity contribution >= 4 is 11.3 Å². The van der Waals surface area contributed by atoms with Gasteiger partial charge >= 0.3 is 0 Å². The van der Waals surface area contributed by atoms with Crippen LogP contribution in [0.25, 0.3) is 16.4 Å². The van der Waals surface area contributed by atoms with Gasteiger partial charge in [0, 0.05) is 36.0 Å². The molecular formula is C16H16N4S. The molecule has 4 rings (SSSR count). The summed E-state index contributed by atoms with van der Waals surface area (Å²) in [7, 11) is 0. The van der Waals surface area contributed by atoms with E-state index in [1.807, 2.05) is 17.7 Å². The Balaban J connectivity index is 1.91. The molecule has 0 aliphatic carbocycles. The second kappa shape index (κ2) is 5.09. The van der Waals surface area contributed by atoms with Crippen molar-refractivity contribution in [1.29, 1.82) is 0 Å². The van der Waals surface area contributed by atoms with Crippen LogP contribution < -0.4 is 5.32 Å². The van der Waals surface area contributed by atoms with Gasteiger partial charge in [0.2, 0.25) is 5.13 Å². The number of nitrogens with zero attached hydrogens (tertiary/aromatic N) is 3. The molecule has 21 heavy (non-hydrogen) atoms. The maximum Gasteiger partial charge on any atom is 0.210 e. The van der Waals surface area contributed by atoms with E-state index in [1.54, 1.807) is 11.3 Å². The number of aromatic nitrogens is 3. The van der Waals surface area contributed by atoms with E-state index in [2.05, 4.69) is 39.9 Å². The molecule has 0 radical (unpaired) electrons. The average molecular weight is 296 g/mol. The van der Waals surface area contributed by atoms with E-state index in [1.165, 1.54) is 16.8 Å². The normalized spacial score (nSPS) is 14.1. The van der Waals surface area contributed by atoms with E-state index < -0.39 is 0 Å². The molecule has 1 aliphatic heterocycles. The topological polar surface area (TPSA) is 42.7 Å². The molecule has 0 amide bonds. The zero-order valence-electron chi connectivity index (χ0n) is 11.8. The first kappa shape index (κ1) is 12.7. The Hall–Kier alpha value is -1.98. The van der Waals surface area contributed by atoms with Crippen molar-refractivity contribution in [3.05, 3.63) is 52.7 Å². The Morgan fingerprint density at radius 1 is 1.24 bits per heavy atom. The number of thiazole rings is 1. The van der Waals surface area contributed by atoms with Crippen molar-refractivity contribution < 1.29 is 0 Å². The predicted molar refractivity (Wildman–Crippen MR) is 84.8 cm³/mol. The van der Waals surface area contributed by atoms with E-state index in [0.717, 1.165) is 36.0 Å². The Bertz CT molecular complexity index is 773. The Labute approximate surface area is 127 Å². The Morgan fingerprint density at radius 3 is 2.86 bits per heavy atom. The third-order valence-electron chi connectivity index (χ3n) is 3.77. The van der Waals surface area contributed by atoms with Gasteiger partial charge in [-0.2, -0.15) is 5.10 Å². The van der Waals surface area contributed by atoms with Crippen LogP contribution in [0.4, 0.5) is 0 Å². The monoisotopic (exact) mass is 296 g/mol. The van der Waals surface area contributed by atoms with Crippen molar-refractivity contribution in [3.8, 4) is 16.4 Å². The van der Waals surface area contributed by atoms with Gasteiger partial charge in [-0.25, -0.2) is 9.67 Å². The highest BCUT2D eigenvalue weighted by molar-refractivity contribution is 7.12. The summed E-state index contributed by atoms with van der Waals surface area (Å²) in [5.41, 5.74) is 5.90. The number of hydrogen-bond donors (Lipinski definition) is 1. The molecule has 1 aromatic carbocycles. The molecule has 0 atom stereocenters. The quantitative estimate of drug-likeness (QED) is 0.790. The summed E-state index contributed by atoms with van der Waals surface area (Å²) in [6.07, 6.45) is 0.994. The van der Waals surface area contributed by atoms with Crippen molar-refractivity contribution in [3.63, 3.8) is 0 Å². The molecule has 4 nitrogen and oxygen atoms in total. The summed E-state index contributed by atoms with van der Waals surface area (Å²) < 4.78 is 2.04. The molecule has 0 saturated heterocycles. The summed E-state index contributed by atoms with van der Waals surface area (Å²) in [5.74, 6) is 0. The van der Waals surface area contributed by atoms with Gasteiger partial charge in [-0.3, -0.25) is 0 Å². The minimum absolute atomic E-state index is 0.879. The lowest BCUT2D eigenvalue weighted by Gasteiger charge is -2.14. The second-order valence-corrected chi connectivity index (χ2v) is 6.09. The van der Waals surface area contributed by atoms with Crippen molar-refractivity contribution in [2.45, 2.75) is 19.9 Å². The lowest BCUT2D eigenvalue weighted by Crippen LogP contribution is -2.24. The van der Waals surface area contributed by atoms with Gasteiger partial charge in [0.15, 0.2) is 0 Å². The highest BCUT2D eigenvalue weighted by Gasteiger charge is 2.23. The van der Waals surface area contributed by atoms with Crippen LogP contribution in [0.1, 0.15) is 17.0 Å². The molecule has 0 saturated carbocycles. The summed E-state index contributed by atoms with van der Waals surface area (Å²) in [5, 5.41) is 11.4. The fourth-order valence-electron chi connectivity index (χ4n) is 2.77. The van der Waals surface area contributed by atoms with Gasteiger partial charge < -0.3 is 5.32 Å². The Kier molecular flexibility index (Phi) is 3.09. The smallest absolute Gasteiger partial charge is 0.210 e. The standard InChI is InChI=1S/C16H16N4S/c1-11-10-21-16(18-11)20-14-7-8-17-9-13(14)15(19-20)12-5-3-2-4-6-12/h2-6,10,17H,7-9H2,1H3. The van der Waals surface area contributed by atoms with Crippen LogP contribution in [0.2, 0.25) is 0 Å². The predicted octanol–water partition coefficient (Wildman–Crippen LogP) is 2.95. The van der Waals surface area contributed by atoms with Crippen LogP contribution in [-0.2, 0) is 13.0 Å². The number of nitrogens with one attached hydrogen (secondary N) is 1. The van der Waals surface area contributed by atoms with Gasteiger partial charge in [0.05, 0.1) is 17.1 Å². The van der Waals surface area contributed by atoms with Gasteiger partial charge in [-0.1, -0.05) is 30.3 Å². The molecule has 3 aromatic rings. The van der Waals surface area contributed by atoms with Gasteiger partial charge in [-0.05, 0) is 6.92 Å². The van der Waals surface area contributed by atoms with E-state index in [9.17, 15) is 0 Å². The second-order valence-electron chi connectivity index (χ2n) is 5.25. The molecule has 0 unspecified atom stereocenters.